The molecule has 0 saturated carbocycles. The number of hydrogen-bond donors (Lipinski definition) is 2. The summed E-state index contributed by atoms with van der Waals surface area (Å²) in [5, 5.41) is 0. The molecule has 1 atom stereocenters. The fourth-order valence-corrected chi connectivity index (χ4v) is 1.61. The van der Waals surface area contributed by atoms with Crippen LogP contribution in [0.15, 0.2) is 0 Å². The average Bonchev–Trinajstić information content (AvgIpc) is 2.21. The van der Waals surface area contributed by atoms with E-state index in [9.17, 15) is 9.59 Å². The van der Waals surface area contributed by atoms with E-state index < -0.39 is 5.91 Å². The second kappa shape index (κ2) is 7.22. The molecule has 0 rings (SSSR count). The van der Waals surface area contributed by atoms with Gasteiger partial charge in [0.15, 0.2) is 0 Å². The van der Waals surface area contributed by atoms with E-state index in [1.54, 1.807) is 0 Å². The topological polar surface area (TPSA) is 89.4 Å². The maximum Gasteiger partial charge on any atom is 0.237 e. The van der Waals surface area contributed by atoms with Gasteiger partial charge in [0.2, 0.25) is 11.8 Å². The molecular formula is C11H23N3O2. The monoisotopic (exact) mass is 229 g/mol. The fraction of sp³-hybridized carbons (Fsp3) is 0.818. The Morgan fingerprint density at radius 1 is 1.31 bits per heavy atom. The van der Waals surface area contributed by atoms with Gasteiger partial charge < -0.3 is 16.4 Å². The highest BCUT2D eigenvalue weighted by Gasteiger charge is 2.25. The molecule has 4 N–H and O–H groups in total. The Morgan fingerprint density at radius 3 is 2.19 bits per heavy atom. The lowest BCUT2D eigenvalue weighted by molar-refractivity contribution is -0.140. The molecule has 0 aliphatic rings. The Bertz CT molecular complexity index is 241. The van der Waals surface area contributed by atoms with Crippen LogP contribution in [0.25, 0.3) is 0 Å². The van der Waals surface area contributed by atoms with Crippen molar-refractivity contribution < 1.29 is 9.59 Å². The number of hydrogen-bond acceptors (Lipinski definition) is 3. The van der Waals surface area contributed by atoms with Crippen LogP contribution in [0, 0.1) is 5.92 Å². The van der Waals surface area contributed by atoms with Crippen LogP contribution in [0.2, 0.25) is 0 Å². The summed E-state index contributed by atoms with van der Waals surface area (Å²) in [6.45, 7) is 6.01. The van der Waals surface area contributed by atoms with Crippen molar-refractivity contribution in [3.63, 3.8) is 0 Å². The first kappa shape index (κ1) is 14.9. The van der Waals surface area contributed by atoms with Crippen molar-refractivity contribution in [2.24, 2.45) is 17.4 Å². The highest BCUT2D eigenvalue weighted by atomic mass is 16.2. The van der Waals surface area contributed by atoms with Gasteiger partial charge in [-0.05, 0) is 20.3 Å². The number of carbonyl (C=O) groups excluding carboxylic acids is 2. The van der Waals surface area contributed by atoms with E-state index >= 15 is 0 Å². The summed E-state index contributed by atoms with van der Waals surface area (Å²) < 4.78 is 0. The van der Waals surface area contributed by atoms with Crippen LogP contribution in [0.3, 0.4) is 0 Å². The van der Waals surface area contributed by atoms with Crippen LogP contribution in [0.1, 0.15) is 33.6 Å². The van der Waals surface area contributed by atoms with E-state index in [4.69, 9.17) is 11.5 Å². The molecule has 0 spiro atoms. The molecule has 16 heavy (non-hydrogen) atoms. The lowest BCUT2D eigenvalue weighted by atomic mass is 10.0. The van der Waals surface area contributed by atoms with Gasteiger partial charge in [-0.1, -0.05) is 13.3 Å². The summed E-state index contributed by atoms with van der Waals surface area (Å²) in [7, 11) is 0. The van der Waals surface area contributed by atoms with Gasteiger partial charge in [-0.15, -0.1) is 0 Å². The molecule has 0 aromatic heterocycles. The summed E-state index contributed by atoms with van der Waals surface area (Å²) in [5.41, 5.74) is 10.7. The lowest BCUT2D eigenvalue weighted by Gasteiger charge is -2.29. The van der Waals surface area contributed by atoms with Crippen molar-refractivity contribution in [1.29, 1.82) is 0 Å². The van der Waals surface area contributed by atoms with Crippen LogP contribution in [-0.4, -0.2) is 35.8 Å². The number of nitrogens with zero attached hydrogens (tertiary/aromatic N) is 1. The number of nitrogens with two attached hydrogens (primary N) is 2. The first-order valence-corrected chi connectivity index (χ1v) is 5.72. The molecule has 0 fully saturated rings. The van der Waals surface area contributed by atoms with Crippen LogP contribution in [0.5, 0.6) is 0 Å². The predicted molar refractivity (Wildman–Crippen MR) is 63.5 cm³/mol. The molecule has 1 unspecified atom stereocenters. The summed E-state index contributed by atoms with van der Waals surface area (Å²) in [6.07, 6.45) is 1.65. The minimum Gasteiger partial charge on any atom is -0.368 e. The van der Waals surface area contributed by atoms with Crippen LogP contribution in [-0.2, 0) is 9.59 Å². The molecule has 0 aromatic rings. The molecule has 0 aliphatic heterocycles. The second-order valence-electron chi connectivity index (χ2n) is 4.25. The molecule has 0 heterocycles. The maximum absolute atomic E-state index is 12.1. The smallest absolute Gasteiger partial charge is 0.237 e. The standard InChI is InChI=1S/C11H23N3O2/c1-4-5-9(6-12)11(16)14(8(2)3)7-10(13)15/h8-9H,4-7,12H2,1-3H3,(H2,13,15). The fourth-order valence-electron chi connectivity index (χ4n) is 1.61. The quantitative estimate of drug-likeness (QED) is 0.648. The minimum atomic E-state index is -0.491. The molecular weight excluding hydrogens is 206 g/mol. The van der Waals surface area contributed by atoms with Crippen molar-refractivity contribution in [2.75, 3.05) is 13.1 Å². The summed E-state index contributed by atoms with van der Waals surface area (Å²) >= 11 is 0. The van der Waals surface area contributed by atoms with Crippen LogP contribution < -0.4 is 11.5 Å². The van der Waals surface area contributed by atoms with Crippen LogP contribution in [0.4, 0.5) is 0 Å². The number of carbonyl (C=O) groups is 2. The normalized spacial score (nSPS) is 12.6. The molecule has 0 aliphatic carbocycles. The van der Waals surface area contributed by atoms with Crippen LogP contribution >= 0.6 is 0 Å². The first-order chi connectivity index (χ1) is 7.43. The minimum absolute atomic E-state index is 0.0310. The van der Waals surface area contributed by atoms with E-state index in [1.165, 1.54) is 4.90 Å². The molecule has 94 valence electrons. The van der Waals surface area contributed by atoms with Gasteiger partial charge in [-0.3, -0.25) is 9.59 Å². The first-order valence-electron chi connectivity index (χ1n) is 5.72. The molecule has 0 radical (unpaired) electrons. The van der Waals surface area contributed by atoms with E-state index in [-0.39, 0.29) is 24.4 Å². The maximum atomic E-state index is 12.1. The highest BCUT2D eigenvalue weighted by Crippen LogP contribution is 2.11. The Balaban J connectivity index is 4.63. The third-order valence-corrected chi connectivity index (χ3v) is 2.50. The van der Waals surface area contributed by atoms with Gasteiger partial charge >= 0.3 is 0 Å². The highest BCUT2D eigenvalue weighted by molar-refractivity contribution is 5.85. The summed E-state index contributed by atoms with van der Waals surface area (Å²) in [4.78, 5) is 24.5. The third-order valence-electron chi connectivity index (χ3n) is 2.50. The SMILES string of the molecule is CCCC(CN)C(=O)N(CC(N)=O)C(C)C. The molecule has 0 aromatic carbocycles. The van der Waals surface area contributed by atoms with Crippen molar-refractivity contribution in [3.05, 3.63) is 0 Å². The van der Waals surface area contributed by atoms with Crippen molar-refractivity contribution in [1.82, 2.24) is 4.90 Å². The number of primary amides is 1. The van der Waals surface area contributed by atoms with E-state index in [2.05, 4.69) is 0 Å². The Labute approximate surface area is 97.2 Å². The predicted octanol–water partition coefficient (Wildman–Crippen LogP) is 0.0837. The van der Waals surface area contributed by atoms with E-state index in [1.807, 2.05) is 20.8 Å². The van der Waals surface area contributed by atoms with Gasteiger partial charge in [0, 0.05) is 12.6 Å². The molecule has 5 nitrogen and oxygen atoms in total. The zero-order chi connectivity index (χ0) is 12.7. The largest absolute Gasteiger partial charge is 0.368 e. The number of rotatable bonds is 7. The van der Waals surface area contributed by atoms with Crippen molar-refractivity contribution in [2.45, 2.75) is 39.7 Å². The van der Waals surface area contributed by atoms with Gasteiger partial charge in [0.1, 0.15) is 0 Å². The van der Waals surface area contributed by atoms with Gasteiger partial charge in [0.25, 0.3) is 0 Å². The Hall–Kier alpha value is -1.10. The zero-order valence-electron chi connectivity index (χ0n) is 10.4. The third kappa shape index (κ3) is 4.61. The van der Waals surface area contributed by atoms with E-state index in [0.29, 0.717) is 6.54 Å². The zero-order valence-corrected chi connectivity index (χ0v) is 10.4. The van der Waals surface area contributed by atoms with E-state index in [0.717, 1.165) is 12.8 Å². The molecule has 5 heteroatoms. The number of amides is 2. The Morgan fingerprint density at radius 2 is 1.88 bits per heavy atom. The molecule has 2 amide bonds. The van der Waals surface area contributed by atoms with Gasteiger partial charge in [-0.2, -0.15) is 0 Å². The van der Waals surface area contributed by atoms with Gasteiger partial charge in [0.05, 0.1) is 12.5 Å². The second-order valence-corrected chi connectivity index (χ2v) is 4.25. The van der Waals surface area contributed by atoms with Crippen molar-refractivity contribution in [3.8, 4) is 0 Å². The average molecular weight is 229 g/mol. The summed E-state index contributed by atoms with van der Waals surface area (Å²) in [6, 6.07) is -0.0362. The molecule has 0 bridgehead atoms. The Kier molecular flexibility index (Phi) is 6.72. The van der Waals surface area contributed by atoms with Crippen molar-refractivity contribution >= 4 is 11.8 Å². The lowest BCUT2D eigenvalue weighted by Crippen LogP contribution is -2.47. The summed E-state index contributed by atoms with van der Waals surface area (Å²) in [5.74, 6) is -0.765. The van der Waals surface area contributed by atoms with Gasteiger partial charge in [-0.25, -0.2) is 0 Å². The molecule has 0 saturated heterocycles.